The van der Waals surface area contributed by atoms with E-state index in [2.05, 4.69) is 15.3 Å². The molecule has 1 aromatic carbocycles. The van der Waals surface area contributed by atoms with Gasteiger partial charge in [-0.2, -0.15) is 0 Å². The molecule has 0 aliphatic heterocycles. The molecule has 26 heavy (non-hydrogen) atoms. The zero-order chi connectivity index (χ0) is 19.1. The third-order valence-corrected chi connectivity index (χ3v) is 4.45. The number of esters is 1. The van der Waals surface area contributed by atoms with Crippen molar-refractivity contribution in [1.82, 2.24) is 9.97 Å². The van der Waals surface area contributed by atoms with E-state index in [1.165, 1.54) is 0 Å². The number of H-pyrrole nitrogens is 1. The molecule has 2 N–H and O–H groups in total. The van der Waals surface area contributed by atoms with Crippen molar-refractivity contribution in [2.75, 3.05) is 17.7 Å². The molecule has 0 aliphatic carbocycles. The molecule has 0 bridgehead atoms. The number of nitrogens with one attached hydrogen (secondary N) is 2. The van der Waals surface area contributed by atoms with Gasteiger partial charge in [-0.15, -0.1) is 0 Å². The van der Waals surface area contributed by atoms with E-state index in [1.54, 1.807) is 38.1 Å². The van der Waals surface area contributed by atoms with E-state index >= 15 is 0 Å². The number of aromatic amines is 1. The average Bonchev–Trinajstić information content (AvgIpc) is 2.60. The molecular formula is C18H21N3O4S. The molecule has 0 fully saturated rings. The lowest BCUT2D eigenvalue weighted by Gasteiger charge is -2.07. The van der Waals surface area contributed by atoms with Crippen molar-refractivity contribution >= 4 is 29.3 Å². The number of aryl methyl sites for hydroxylation is 1. The van der Waals surface area contributed by atoms with Gasteiger partial charge in [0.2, 0.25) is 5.91 Å². The van der Waals surface area contributed by atoms with Gasteiger partial charge in [0.15, 0.2) is 5.16 Å². The first-order valence-corrected chi connectivity index (χ1v) is 9.22. The van der Waals surface area contributed by atoms with Crippen LogP contribution < -0.4 is 10.9 Å². The van der Waals surface area contributed by atoms with E-state index in [4.69, 9.17) is 4.74 Å². The molecule has 0 radical (unpaired) electrons. The Morgan fingerprint density at radius 1 is 1.23 bits per heavy atom. The Labute approximate surface area is 155 Å². The summed E-state index contributed by atoms with van der Waals surface area (Å²) in [4.78, 5) is 42.6. The Bertz CT molecular complexity index is 847. The highest BCUT2D eigenvalue weighted by Crippen LogP contribution is 2.15. The fourth-order valence-corrected chi connectivity index (χ4v) is 3.01. The Kier molecular flexibility index (Phi) is 6.97. The van der Waals surface area contributed by atoms with Gasteiger partial charge in [0.1, 0.15) is 0 Å². The minimum atomic E-state index is -0.401. The van der Waals surface area contributed by atoms with E-state index in [1.807, 2.05) is 6.92 Å². The van der Waals surface area contributed by atoms with E-state index in [0.29, 0.717) is 40.7 Å². The van der Waals surface area contributed by atoms with Crippen molar-refractivity contribution in [2.24, 2.45) is 0 Å². The second-order valence-corrected chi connectivity index (χ2v) is 6.39. The standard InChI is InChI=1S/C18H21N3O4S/c1-4-14-11(3)19-18(21-16(14)23)26-10-15(22)20-13-8-6-12(7-9-13)17(24)25-5-2/h6-9H,4-5,10H2,1-3H3,(H,20,22)(H,19,21,23). The van der Waals surface area contributed by atoms with Gasteiger partial charge in [-0.25, -0.2) is 9.78 Å². The number of carbonyl (C=O) groups is 2. The summed E-state index contributed by atoms with van der Waals surface area (Å²) in [7, 11) is 0. The number of nitrogens with zero attached hydrogens (tertiary/aromatic N) is 1. The van der Waals surface area contributed by atoms with Crippen molar-refractivity contribution in [2.45, 2.75) is 32.3 Å². The Morgan fingerprint density at radius 2 is 1.92 bits per heavy atom. The predicted molar refractivity (Wildman–Crippen MR) is 101 cm³/mol. The minimum Gasteiger partial charge on any atom is -0.462 e. The summed E-state index contributed by atoms with van der Waals surface area (Å²) in [6.07, 6.45) is 0.612. The van der Waals surface area contributed by atoms with Gasteiger partial charge in [0.05, 0.1) is 17.9 Å². The largest absolute Gasteiger partial charge is 0.462 e. The molecule has 1 amide bonds. The second kappa shape index (κ2) is 9.19. The van der Waals surface area contributed by atoms with Crippen molar-refractivity contribution in [3.63, 3.8) is 0 Å². The van der Waals surface area contributed by atoms with Crippen molar-refractivity contribution in [1.29, 1.82) is 0 Å². The SMILES string of the molecule is CCOC(=O)c1ccc(NC(=O)CSc2nc(C)c(CC)c(=O)[nH]2)cc1. The van der Waals surface area contributed by atoms with Gasteiger partial charge >= 0.3 is 5.97 Å². The predicted octanol–water partition coefficient (Wildman–Crippen LogP) is 2.55. The average molecular weight is 375 g/mol. The molecule has 1 heterocycles. The van der Waals surface area contributed by atoms with Gasteiger partial charge in [-0.05, 0) is 44.5 Å². The number of hydrogen-bond acceptors (Lipinski definition) is 6. The fraction of sp³-hybridized carbons (Fsp3) is 0.333. The molecule has 0 atom stereocenters. The zero-order valence-corrected chi connectivity index (χ0v) is 15.7. The number of amides is 1. The van der Waals surface area contributed by atoms with Gasteiger partial charge in [-0.3, -0.25) is 9.59 Å². The topological polar surface area (TPSA) is 101 Å². The number of thioether (sulfide) groups is 1. The van der Waals surface area contributed by atoms with E-state index in [0.717, 1.165) is 11.8 Å². The van der Waals surface area contributed by atoms with Crippen LogP contribution in [0.4, 0.5) is 5.69 Å². The number of rotatable bonds is 7. The van der Waals surface area contributed by atoms with Crippen LogP contribution in [0.5, 0.6) is 0 Å². The normalized spacial score (nSPS) is 10.4. The number of benzene rings is 1. The lowest BCUT2D eigenvalue weighted by molar-refractivity contribution is -0.113. The van der Waals surface area contributed by atoms with Gasteiger partial charge in [0.25, 0.3) is 5.56 Å². The van der Waals surface area contributed by atoms with Crippen molar-refractivity contribution in [3.05, 3.63) is 51.4 Å². The zero-order valence-electron chi connectivity index (χ0n) is 14.9. The molecule has 0 saturated carbocycles. The third kappa shape index (κ3) is 5.19. The van der Waals surface area contributed by atoms with Crippen LogP contribution in [0.15, 0.2) is 34.2 Å². The Balaban J connectivity index is 1.93. The molecule has 2 aromatic rings. The maximum atomic E-state index is 12.1. The smallest absolute Gasteiger partial charge is 0.338 e. The first-order valence-electron chi connectivity index (χ1n) is 8.24. The summed E-state index contributed by atoms with van der Waals surface area (Å²) in [6, 6.07) is 6.45. The van der Waals surface area contributed by atoms with Crippen molar-refractivity contribution in [3.8, 4) is 0 Å². The first kappa shape index (κ1) is 19.7. The highest BCUT2D eigenvalue weighted by atomic mass is 32.2. The molecule has 8 heteroatoms. The number of aromatic nitrogens is 2. The van der Waals surface area contributed by atoms with Gasteiger partial charge < -0.3 is 15.0 Å². The molecule has 138 valence electrons. The summed E-state index contributed by atoms with van der Waals surface area (Å²) in [6.45, 7) is 5.73. The van der Waals surface area contributed by atoms with Crippen LogP contribution in [0.25, 0.3) is 0 Å². The number of hydrogen-bond donors (Lipinski definition) is 2. The van der Waals surface area contributed by atoms with Gasteiger partial charge in [-0.1, -0.05) is 18.7 Å². The molecule has 7 nitrogen and oxygen atoms in total. The molecule has 2 rings (SSSR count). The Morgan fingerprint density at radius 3 is 2.50 bits per heavy atom. The molecule has 0 saturated heterocycles. The minimum absolute atomic E-state index is 0.105. The second-order valence-electron chi connectivity index (χ2n) is 5.42. The van der Waals surface area contributed by atoms with E-state index < -0.39 is 5.97 Å². The quantitative estimate of drug-likeness (QED) is 0.438. The van der Waals surface area contributed by atoms with Crippen LogP contribution in [0.1, 0.15) is 35.5 Å². The summed E-state index contributed by atoms with van der Waals surface area (Å²) in [5, 5.41) is 3.14. The highest BCUT2D eigenvalue weighted by molar-refractivity contribution is 7.99. The molecule has 0 unspecified atom stereocenters. The molecular weight excluding hydrogens is 354 g/mol. The maximum absolute atomic E-state index is 12.1. The lowest BCUT2D eigenvalue weighted by atomic mass is 10.2. The van der Waals surface area contributed by atoms with E-state index in [-0.39, 0.29) is 17.2 Å². The third-order valence-electron chi connectivity index (χ3n) is 3.57. The summed E-state index contributed by atoms with van der Waals surface area (Å²) < 4.78 is 4.91. The van der Waals surface area contributed by atoms with Crippen LogP contribution in [0.3, 0.4) is 0 Å². The lowest BCUT2D eigenvalue weighted by Crippen LogP contribution is -2.18. The van der Waals surface area contributed by atoms with Gasteiger partial charge in [0, 0.05) is 16.9 Å². The molecule has 0 spiro atoms. The number of ether oxygens (including phenoxy) is 1. The summed E-state index contributed by atoms with van der Waals surface area (Å²) in [5.74, 6) is -0.534. The van der Waals surface area contributed by atoms with Crippen LogP contribution in [0.2, 0.25) is 0 Å². The van der Waals surface area contributed by atoms with E-state index in [9.17, 15) is 14.4 Å². The first-order chi connectivity index (χ1) is 12.4. The monoisotopic (exact) mass is 375 g/mol. The molecule has 1 aromatic heterocycles. The summed E-state index contributed by atoms with van der Waals surface area (Å²) in [5.41, 5.74) is 2.15. The maximum Gasteiger partial charge on any atom is 0.338 e. The van der Waals surface area contributed by atoms with Crippen LogP contribution >= 0.6 is 11.8 Å². The summed E-state index contributed by atoms with van der Waals surface area (Å²) >= 11 is 1.16. The number of anilines is 1. The van der Waals surface area contributed by atoms with Crippen LogP contribution in [-0.2, 0) is 16.0 Å². The fourth-order valence-electron chi connectivity index (χ4n) is 2.30. The Hall–Kier alpha value is -2.61. The van der Waals surface area contributed by atoms with Crippen molar-refractivity contribution < 1.29 is 14.3 Å². The highest BCUT2D eigenvalue weighted by Gasteiger charge is 2.10. The number of carbonyl (C=O) groups excluding carboxylic acids is 2. The van der Waals surface area contributed by atoms with Crippen LogP contribution in [0, 0.1) is 6.92 Å². The van der Waals surface area contributed by atoms with Crippen LogP contribution in [-0.4, -0.2) is 34.2 Å². The molecule has 0 aliphatic rings.